The van der Waals surface area contributed by atoms with E-state index in [0.717, 1.165) is 5.46 Å². The lowest BCUT2D eigenvalue weighted by atomic mass is 9.79. The first-order valence-electron chi connectivity index (χ1n) is 10.7. The molecule has 2 aromatic carbocycles. The number of benzene rings is 2. The normalized spacial score (nSPS) is 19.9. The van der Waals surface area contributed by atoms with E-state index in [1.807, 2.05) is 52.0 Å². The van der Waals surface area contributed by atoms with Crippen LogP contribution in [0.4, 0.5) is 0 Å². The third kappa shape index (κ3) is 4.06. The van der Waals surface area contributed by atoms with Crippen LogP contribution in [0.25, 0.3) is 0 Å². The van der Waals surface area contributed by atoms with Crippen molar-refractivity contribution in [1.29, 1.82) is 0 Å². The van der Waals surface area contributed by atoms with Crippen LogP contribution in [0.2, 0.25) is 0 Å². The molecule has 1 fully saturated rings. The lowest BCUT2D eigenvalue weighted by molar-refractivity contribution is 0.00578. The predicted octanol–water partition coefficient (Wildman–Crippen LogP) is 2.68. The van der Waals surface area contributed by atoms with Crippen molar-refractivity contribution in [2.24, 2.45) is 0 Å². The highest BCUT2D eigenvalue weighted by molar-refractivity contribution is 6.62. The number of hydrogen-bond acceptors (Lipinski definition) is 6. The number of imide groups is 1. The minimum Gasteiger partial charge on any atom is -0.491 e. The van der Waals surface area contributed by atoms with Crippen LogP contribution in [0.15, 0.2) is 48.5 Å². The van der Waals surface area contributed by atoms with E-state index in [0.29, 0.717) is 16.9 Å². The molecule has 0 aliphatic carbocycles. The molecule has 1 atom stereocenters. The van der Waals surface area contributed by atoms with Gasteiger partial charge in [-0.25, -0.2) is 0 Å². The van der Waals surface area contributed by atoms with Crippen LogP contribution in [0.3, 0.4) is 0 Å². The Morgan fingerprint density at radius 1 is 0.906 bits per heavy atom. The second-order valence-electron chi connectivity index (χ2n) is 9.09. The Morgan fingerprint density at radius 2 is 1.44 bits per heavy atom. The first-order valence-corrected chi connectivity index (χ1v) is 10.7. The molecule has 2 aromatic rings. The van der Waals surface area contributed by atoms with Crippen molar-refractivity contribution >= 4 is 24.4 Å². The number of ether oxygens (including phenoxy) is 2. The number of amides is 2. The van der Waals surface area contributed by atoms with E-state index in [2.05, 4.69) is 0 Å². The van der Waals surface area contributed by atoms with E-state index in [9.17, 15) is 9.59 Å². The maximum absolute atomic E-state index is 12.6. The topological polar surface area (TPSA) is 74.3 Å². The largest absolute Gasteiger partial charge is 0.494 e. The maximum Gasteiger partial charge on any atom is 0.494 e. The first kappa shape index (κ1) is 22.5. The van der Waals surface area contributed by atoms with Gasteiger partial charge in [0.25, 0.3) is 11.8 Å². The quantitative estimate of drug-likeness (QED) is 0.490. The lowest BCUT2D eigenvalue weighted by Gasteiger charge is -2.32. The molecule has 2 amide bonds. The summed E-state index contributed by atoms with van der Waals surface area (Å²) in [6, 6.07) is 14.3. The monoisotopic (exact) mass is 437 g/mol. The molecule has 32 heavy (non-hydrogen) atoms. The standard InChI is InChI=1S/C24H28BNO6/c1-23(2)24(3,4)32-25(31-23)16-10-12-17(13-11-16)30-15-18(29-5)14-26-21(27)19-8-6-7-9-20(19)22(26)28/h6-13,18H,14-15H2,1-5H3. The number of fused-ring (bicyclic) bond motifs is 1. The predicted molar refractivity (Wildman–Crippen MR) is 120 cm³/mol. The van der Waals surface area contributed by atoms with Crippen molar-refractivity contribution < 1.29 is 28.4 Å². The van der Waals surface area contributed by atoms with Gasteiger partial charge in [-0.05, 0) is 57.4 Å². The number of carbonyl (C=O) groups is 2. The van der Waals surface area contributed by atoms with Gasteiger partial charge in [0.1, 0.15) is 18.5 Å². The summed E-state index contributed by atoms with van der Waals surface area (Å²) in [4.78, 5) is 26.4. The van der Waals surface area contributed by atoms with Gasteiger partial charge >= 0.3 is 7.12 Å². The van der Waals surface area contributed by atoms with Crippen molar-refractivity contribution in [3.63, 3.8) is 0 Å². The molecule has 0 spiro atoms. The fourth-order valence-electron chi connectivity index (χ4n) is 3.69. The summed E-state index contributed by atoms with van der Waals surface area (Å²) in [5.41, 5.74) is 0.953. The molecule has 0 bridgehead atoms. The Morgan fingerprint density at radius 3 is 1.94 bits per heavy atom. The van der Waals surface area contributed by atoms with Crippen LogP contribution in [0, 0.1) is 0 Å². The summed E-state index contributed by atoms with van der Waals surface area (Å²) in [6.07, 6.45) is -0.458. The molecule has 0 N–H and O–H groups in total. The molecule has 2 aliphatic rings. The summed E-state index contributed by atoms with van der Waals surface area (Å²) in [6.45, 7) is 8.38. The van der Waals surface area contributed by atoms with Gasteiger partial charge in [-0.2, -0.15) is 0 Å². The molecule has 0 saturated carbocycles. The van der Waals surface area contributed by atoms with Crippen molar-refractivity contribution in [2.45, 2.75) is 45.0 Å². The Bertz CT molecular complexity index is 968. The molecule has 168 valence electrons. The van der Waals surface area contributed by atoms with E-state index < -0.39 is 24.4 Å². The summed E-state index contributed by atoms with van der Waals surface area (Å²) in [5, 5.41) is 0. The first-order chi connectivity index (χ1) is 15.1. The van der Waals surface area contributed by atoms with Gasteiger partial charge < -0.3 is 18.8 Å². The van der Waals surface area contributed by atoms with Crippen LogP contribution in [-0.2, 0) is 14.0 Å². The van der Waals surface area contributed by atoms with E-state index in [4.69, 9.17) is 18.8 Å². The van der Waals surface area contributed by atoms with Crippen LogP contribution >= 0.6 is 0 Å². The summed E-state index contributed by atoms with van der Waals surface area (Å²) >= 11 is 0. The van der Waals surface area contributed by atoms with Gasteiger partial charge in [0.05, 0.1) is 28.9 Å². The Balaban J connectivity index is 1.35. The zero-order valence-electron chi connectivity index (χ0n) is 19.1. The van der Waals surface area contributed by atoms with E-state index >= 15 is 0 Å². The van der Waals surface area contributed by atoms with Crippen molar-refractivity contribution in [1.82, 2.24) is 4.90 Å². The Kier molecular flexibility index (Phi) is 5.88. The smallest absolute Gasteiger partial charge is 0.491 e. The van der Waals surface area contributed by atoms with Crippen molar-refractivity contribution in [3.05, 3.63) is 59.7 Å². The average Bonchev–Trinajstić information content (AvgIpc) is 3.14. The van der Waals surface area contributed by atoms with Crippen molar-refractivity contribution in [2.75, 3.05) is 20.3 Å². The zero-order chi connectivity index (χ0) is 23.1. The van der Waals surface area contributed by atoms with Crippen LogP contribution < -0.4 is 10.2 Å². The highest BCUT2D eigenvalue weighted by Gasteiger charge is 2.51. The third-order valence-electron chi connectivity index (χ3n) is 6.44. The number of rotatable bonds is 7. The minimum absolute atomic E-state index is 0.120. The third-order valence-corrected chi connectivity index (χ3v) is 6.44. The fraction of sp³-hybridized carbons (Fsp3) is 0.417. The highest BCUT2D eigenvalue weighted by Crippen LogP contribution is 2.36. The fourth-order valence-corrected chi connectivity index (χ4v) is 3.69. The molecular formula is C24H28BNO6. The zero-order valence-corrected chi connectivity index (χ0v) is 19.1. The van der Waals surface area contributed by atoms with Gasteiger partial charge in [0, 0.05) is 7.11 Å². The van der Waals surface area contributed by atoms with Gasteiger partial charge in [-0.1, -0.05) is 24.3 Å². The summed E-state index contributed by atoms with van der Waals surface area (Å²) in [5.74, 6) is 0.0357. The lowest BCUT2D eigenvalue weighted by Crippen LogP contribution is -2.41. The Hall–Kier alpha value is -2.68. The van der Waals surface area contributed by atoms with E-state index in [1.54, 1.807) is 24.3 Å². The maximum atomic E-state index is 12.6. The molecule has 0 radical (unpaired) electrons. The van der Waals surface area contributed by atoms with Crippen LogP contribution in [0.5, 0.6) is 5.75 Å². The SMILES string of the molecule is COC(COc1ccc(B2OC(C)(C)C(C)(C)O2)cc1)CN1C(=O)c2ccccc2C1=O. The van der Waals surface area contributed by atoms with Crippen LogP contribution in [0.1, 0.15) is 48.4 Å². The number of carbonyl (C=O) groups excluding carboxylic acids is 2. The molecule has 0 aromatic heterocycles. The van der Waals surface area contributed by atoms with E-state index in [1.165, 1.54) is 12.0 Å². The molecule has 7 nitrogen and oxygen atoms in total. The van der Waals surface area contributed by atoms with Crippen LogP contribution in [-0.4, -0.2) is 61.4 Å². The molecule has 2 heterocycles. The molecule has 4 rings (SSSR count). The number of methoxy groups -OCH3 is 1. The minimum atomic E-state index is -0.458. The number of nitrogens with zero attached hydrogens (tertiary/aromatic N) is 1. The number of hydrogen-bond donors (Lipinski definition) is 0. The second kappa shape index (κ2) is 8.35. The van der Waals surface area contributed by atoms with E-state index in [-0.39, 0.29) is 25.0 Å². The highest BCUT2D eigenvalue weighted by atomic mass is 16.7. The van der Waals surface area contributed by atoms with Gasteiger partial charge in [0.15, 0.2) is 0 Å². The van der Waals surface area contributed by atoms with Gasteiger partial charge in [-0.3, -0.25) is 14.5 Å². The molecule has 2 aliphatic heterocycles. The summed E-state index contributed by atoms with van der Waals surface area (Å²) in [7, 11) is 1.10. The molecule has 1 unspecified atom stereocenters. The van der Waals surface area contributed by atoms with Gasteiger partial charge in [0.2, 0.25) is 0 Å². The van der Waals surface area contributed by atoms with Gasteiger partial charge in [-0.15, -0.1) is 0 Å². The molecular weight excluding hydrogens is 409 g/mol. The molecule has 8 heteroatoms. The average molecular weight is 437 g/mol. The second-order valence-corrected chi connectivity index (χ2v) is 9.09. The molecule has 1 saturated heterocycles. The Labute approximate surface area is 188 Å². The van der Waals surface area contributed by atoms with Crippen molar-refractivity contribution in [3.8, 4) is 5.75 Å². The summed E-state index contributed by atoms with van der Waals surface area (Å²) < 4.78 is 23.5.